The Morgan fingerprint density at radius 1 is 1.00 bits per heavy atom. The lowest BCUT2D eigenvalue weighted by molar-refractivity contribution is -0.134. The molecule has 0 aromatic rings. The van der Waals surface area contributed by atoms with Crippen LogP contribution in [0, 0.1) is 11.8 Å². The van der Waals surface area contributed by atoms with Gasteiger partial charge in [-0.15, -0.1) is 0 Å². The molecule has 0 aromatic carbocycles. The van der Waals surface area contributed by atoms with E-state index < -0.39 is 6.04 Å². The van der Waals surface area contributed by atoms with Crippen LogP contribution in [0.4, 0.5) is 0 Å². The van der Waals surface area contributed by atoms with Crippen molar-refractivity contribution in [1.82, 2.24) is 15.5 Å². The van der Waals surface area contributed by atoms with E-state index in [9.17, 15) is 24.0 Å². The number of hydrogen-bond donors (Lipinski definition) is 2. The van der Waals surface area contributed by atoms with Gasteiger partial charge in [-0.1, -0.05) is 40.2 Å². The van der Waals surface area contributed by atoms with E-state index in [-0.39, 0.29) is 48.3 Å². The summed E-state index contributed by atoms with van der Waals surface area (Å²) in [6.45, 7) is 9.13. The Hall–Kier alpha value is -2.51. The van der Waals surface area contributed by atoms with Crippen LogP contribution in [0.1, 0.15) is 60.3 Å². The van der Waals surface area contributed by atoms with Crippen LogP contribution >= 0.6 is 0 Å². The summed E-state index contributed by atoms with van der Waals surface area (Å²) in [6, 6.07) is -0.702. The normalized spacial score (nSPS) is 12.1. The van der Waals surface area contributed by atoms with Gasteiger partial charge in [0.1, 0.15) is 6.04 Å². The second kappa shape index (κ2) is 14.5. The third kappa shape index (κ3) is 11.2. The van der Waals surface area contributed by atoms with Crippen LogP contribution in [0.15, 0.2) is 12.2 Å². The standard InChI is InChI=1S/C21H35N3O5/c1-6-10-19(28)24(14-25)12-9-7-8-11-18(27)23-20(16(4)5)21(29)22-13-17(26)15(2)3/h6,10,14-16,20H,7-9,11-13H2,1-5H3,(H,22,29)(H,23,27)/b10-6-. The monoisotopic (exact) mass is 409 g/mol. The molecule has 2 N–H and O–H groups in total. The number of ketones is 1. The predicted molar refractivity (Wildman–Crippen MR) is 111 cm³/mol. The van der Waals surface area contributed by atoms with Crippen molar-refractivity contribution in [1.29, 1.82) is 0 Å². The topological polar surface area (TPSA) is 113 Å². The minimum absolute atomic E-state index is 0.0469. The number of Topliss-reactive ketones (excluding diaryl/α,β-unsaturated/α-hetero) is 1. The van der Waals surface area contributed by atoms with Crippen molar-refractivity contribution >= 4 is 29.9 Å². The van der Waals surface area contributed by atoms with Gasteiger partial charge in [-0.2, -0.15) is 0 Å². The maximum absolute atomic E-state index is 12.3. The van der Waals surface area contributed by atoms with E-state index in [4.69, 9.17) is 0 Å². The number of nitrogens with zero attached hydrogens (tertiary/aromatic N) is 1. The predicted octanol–water partition coefficient (Wildman–Crippen LogP) is 1.59. The van der Waals surface area contributed by atoms with Gasteiger partial charge in [0, 0.05) is 18.9 Å². The fourth-order valence-corrected chi connectivity index (χ4v) is 2.47. The first-order valence-electron chi connectivity index (χ1n) is 10.1. The van der Waals surface area contributed by atoms with Crippen LogP contribution in [-0.2, 0) is 24.0 Å². The van der Waals surface area contributed by atoms with Gasteiger partial charge in [0.2, 0.25) is 18.2 Å². The highest BCUT2D eigenvalue weighted by Gasteiger charge is 2.24. The minimum atomic E-state index is -0.702. The molecule has 29 heavy (non-hydrogen) atoms. The van der Waals surface area contributed by atoms with Crippen LogP contribution in [0.25, 0.3) is 0 Å². The van der Waals surface area contributed by atoms with Gasteiger partial charge in [0.25, 0.3) is 5.91 Å². The van der Waals surface area contributed by atoms with Crippen molar-refractivity contribution in [2.45, 2.75) is 66.3 Å². The molecule has 1 atom stereocenters. The van der Waals surface area contributed by atoms with Crippen LogP contribution in [0.5, 0.6) is 0 Å². The fraction of sp³-hybridized carbons (Fsp3) is 0.667. The lowest BCUT2D eigenvalue weighted by Crippen LogP contribution is -2.50. The summed E-state index contributed by atoms with van der Waals surface area (Å²) in [5, 5.41) is 5.31. The van der Waals surface area contributed by atoms with Gasteiger partial charge in [-0.3, -0.25) is 28.9 Å². The van der Waals surface area contributed by atoms with Gasteiger partial charge >= 0.3 is 0 Å². The summed E-state index contributed by atoms with van der Waals surface area (Å²) >= 11 is 0. The van der Waals surface area contributed by atoms with Gasteiger partial charge in [0.05, 0.1) is 6.54 Å². The summed E-state index contributed by atoms with van der Waals surface area (Å²) in [5.74, 6) is -1.32. The van der Waals surface area contributed by atoms with Crippen LogP contribution in [0.3, 0.4) is 0 Å². The maximum Gasteiger partial charge on any atom is 0.252 e. The number of rotatable bonds is 14. The molecule has 0 aromatic heterocycles. The van der Waals surface area contributed by atoms with E-state index in [1.807, 2.05) is 13.8 Å². The highest BCUT2D eigenvalue weighted by molar-refractivity contribution is 5.94. The summed E-state index contributed by atoms with van der Waals surface area (Å²) in [7, 11) is 0. The summed E-state index contributed by atoms with van der Waals surface area (Å²) < 4.78 is 0. The molecule has 0 spiro atoms. The molecule has 0 radical (unpaired) electrons. The Morgan fingerprint density at radius 3 is 2.17 bits per heavy atom. The lowest BCUT2D eigenvalue weighted by atomic mass is 10.0. The Bertz CT molecular complexity index is 599. The number of carbonyl (C=O) groups is 5. The third-order valence-corrected chi connectivity index (χ3v) is 4.37. The molecule has 0 aliphatic heterocycles. The maximum atomic E-state index is 12.3. The van der Waals surface area contributed by atoms with Crippen molar-refractivity contribution in [3.05, 3.63) is 12.2 Å². The van der Waals surface area contributed by atoms with Crippen molar-refractivity contribution < 1.29 is 24.0 Å². The van der Waals surface area contributed by atoms with Crippen molar-refractivity contribution in [3.63, 3.8) is 0 Å². The number of imide groups is 1. The molecule has 8 heteroatoms. The fourth-order valence-electron chi connectivity index (χ4n) is 2.47. The van der Waals surface area contributed by atoms with Crippen molar-refractivity contribution in [2.24, 2.45) is 11.8 Å². The molecule has 0 fully saturated rings. The van der Waals surface area contributed by atoms with Gasteiger partial charge in [0.15, 0.2) is 5.78 Å². The highest BCUT2D eigenvalue weighted by atomic mass is 16.2. The average Bonchev–Trinajstić information content (AvgIpc) is 2.66. The smallest absolute Gasteiger partial charge is 0.252 e. The number of allylic oxidation sites excluding steroid dienone is 1. The molecular formula is C21H35N3O5. The number of unbranched alkanes of at least 4 members (excludes halogenated alkanes) is 2. The number of nitrogens with one attached hydrogen (secondary N) is 2. The van der Waals surface area contributed by atoms with Crippen molar-refractivity contribution in [2.75, 3.05) is 13.1 Å². The Kier molecular flexibility index (Phi) is 13.2. The third-order valence-electron chi connectivity index (χ3n) is 4.37. The SMILES string of the molecule is C/C=C\C(=O)N(C=O)CCCCCC(=O)NC(C(=O)NCC(=O)C(C)C)C(C)C. The first-order chi connectivity index (χ1) is 13.6. The van der Waals surface area contributed by atoms with Crippen LogP contribution < -0.4 is 10.6 Å². The highest BCUT2D eigenvalue weighted by Crippen LogP contribution is 2.06. The lowest BCUT2D eigenvalue weighted by Gasteiger charge is -2.22. The first kappa shape index (κ1) is 26.5. The molecule has 0 heterocycles. The molecule has 164 valence electrons. The second-order valence-electron chi connectivity index (χ2n) is 7.58. The van der Waals surface area contributed by atoms with E-state index in [0.29, 0.717) is 32.2 Å². The Labute approximate surface area is 173 Å². The molecule has 4 amide bonds. The largest absolute Gasteiger partial charge is 0.347 e. The molecule has 0 saturated carbocycles. The summed E-state index contributed by atoms with van der Waals surface area (Å²) in [4.78, 5) is 59.8. The van der Waals surface area contributed by atoms with E-state index in [1.54, 1.807) is 26.8 Å². The minimum Gasteiger partial charge on any atom is -0.347 e. The number of hydrogen-bond acceptors (Lipinski definition) is 5. The van der Waals surface area contributed by atoms with E-state index in [2.05, 4.69) is 10.6 Å². The zero-order chi connectivity index (χ0) is 22.4. The molecule has 1 unspecified atom stereocenters. The summed E-state index contributed by atoms with van der Waals surface area (Å²) in [5.41, 5.74) is 0. The van der Waals surface area contributed by atoms with E-state index in [1.165, 1.54) is 6.08 Å². The Morgan fingerprint density at radius 2 is 1.66 bits per heavy atom. The molecule has 0 rings (SSSR count). The molecular weight excluding hydrogens is 374 g/mol. The molecule has 0 bridgehead atoms. The van der Waals surface area contributed by atoms with Crippen LogP contribution in [-0.4, -0.2) is 53.9 Å². The average molecular weight is 410 g/mol. The Balaban J connectivity index is 4.33. The molecule has 8 nitrogen and oxygen atoms in total. The van der Waals surface area contributed by atoms with Crippen LogP contribution in [0.2, 0.25) is 0 Å². The van der Waals surface area contributed by atoms with E-state index >= 15 is 0 Å². The summed E-state index contributed by atoms with van der Waals surface area (Å²) in [6.07, 6.45) is 5.49. The number of carbonyl (C=O) groups excluding carboxylic acids is 5. The molecule has 0 aliphatic rings. The zero-order valence-electron chi connectivity index (χ0n) is 18.2. The zero-order valence-corrected chi connectivity index (χ0v) is 18.2. The molecule has 0 saturated heterocycles. The quantitative estimate of drug-likeness (QED) is 0.257. The van der Waals surface area contributed by atoms with Gasteiger partial charge < -0.3 is 10.6 Å². The second-order valence-corrected chi connectivity index (χ2v) is 7.58. The molecule has 0 aliphatic carbocycles. The number of amides is 4. The van der Waals surface area contributed by atoms with Crippen molar-refractivity contribution in [3.8, 4) is 0 Å². The van der Waals surface area contributed by atoms with E-state index in [0.717, 1.165) is 4.90 Å². The van der Waals surface area contributed by atoms with Gasteiger partial charge in [-0.25, -0.2) is 0 Å². The first-order valence-corrected chi connectivity index (χ1v) is 10.1. The van der Waals surface area contributed by atoms with Gasteiger partial charge in [-0.05, 0) is 31.8 Å².